The molecule has 0 aromatic heterocycles. The average molecular weight is 331 g/mol. The van der Waals surface area contributed by atoms with Gasteiger partial charge < -0.3 is 5.73 Å². The van der Waals surface area contributed by atoms with Crippen LogP contribution in [0.5, 0.6) is 0 Å². The van der Waals surface area contributed by atoms with Gasteiger partial charge in [0.05, 0.1) is 4.90 Å². The van der Waals surface area contributed by atoms with Gasteiger partial charge in [-0.15, -0.1) is 0 Å². The largest absolute Gasteiger partial charge is 0.326 e. The Balaban J connectivity index is 2.27. The maximum absolute atomic E-state index is 12.8. The normalized spacial score (nSPS) is 15.9. The molecule has 118 valence electrons. The zero-order chi connectivity index (χ0) is 15.6. The summed E-state index contributed by atoms with van der Waals surface area (Å²) in [7, 11) is -3.47. The predicted octanol–water partition coefficient (Wildman–Crippen LogP) is 3.00. The summed E-state index contributed by atoms with van der Waals surface area (Å²) in [5.41, 5.74) is 6.32. The van der Waals surface area contributed by atoms with Crippen LogP contribution in [0.2, 0.25) is 5.02 Å². The molecule has 1 saturated carbocycles. The summed E-state index contributed by atoms with van der Waals surface area (Å²) in [6.45, 7) is 5.08. The number of sulfonamides is 1. The number of nitrogens with zero attached hydrogens (tertiary/aromatic N) is 1. The summed E-state index contributed by atoms with van der Waals surface area (Å²) in [6, 6.07) is 4.97. The molecule has 1 aromatic rings. The van der Waals surface area contributed by atoms with Crippen LogP contribution in [0.1, 0.15) is 38.7 Å². The zero-order valence-electron chi connectivity index (χ0n) is 12.5. The minimum atomic E-state index is -3.47. The summed E-state index contributed by atoms with van der Waals surface area (Å²) in [5, 5.41) is 0.415. The number of halogens is 1. The fourth-order valence-corrected chi connectivity index (χ4v) is 4.29. The second-order valence-corrected chi connectivity index (χ2v) is 8.28. The molecular formula is C15H23ClN2O2S. The van der Waals surface area contributed by atoms with Crippen LogP contribution in [0.3, 0.4) is 0 Å². The Morgan fingerprint density at radius 2 is 2.05 bits per heavy atom. The monoisotopic (exact) mass is 330 g/mol. The van der Waals surface area contributed by atoms with E-state index in [1.165, 1.54) is 6.07 Å². The van der Waals surface area contributed by atoms with Crippen LogP contribution < -0.4 is 5.73 Å². The number of benzene rings is 1. The van der Waals surface area contributed by atoms with Crippen molar-refractivity contribution in [1.82, 2.24) is 4.31 Å². The van der Waals surface area contributed by atoms with Gasteiger partial charge in [-0.25, -0.2) is 8.42 Å². The second-order valence-electron chi connectivity index (χ2n) is 5.99. The van der Waals surface area contributed by atoms with Crippen molar-refractivity contribution in [2.45, 2.75) is 50.6 Å². The Hall–Kier alpha value is -0.620. The van der Waals surface area contributed by atoms with Crippen LogP contribution in [0.15, 0.2) is 23.1 Å². The summed E-state index contributed by atoms with van der Waals surface area (Å²) in [6.07, 6.45) is 2.77. The van der Waals surface area contributed by atoms with Gasteiger partial charge in [0.25, 0.3) is 0 Å². The molecule has 0 radical (unpaired) electrons. The van der Waals surface area contributed by atoms with E-state index in [2.05, 4.69) is 13.8 Å². The molecule has 1 fully saturated rings. The quantitative estimate of drug-likeness (QED) is 0.836. The molecule has 4 nitrogen and oxygen atoms in total. The van der Waals surface area contributed by atoms with Crippen molar-refractivity contribution in [2.75, 3.05) is 6.54 Å². The minimum Gasteiger partial charge on any atom is -0.326 e. The third kappa shape index (κ3) is 3.97. The molecule has 6 heteroatoms. The van der Waals surface area contributed by atoms with Crippen LogP contribution >= 0.6 is 11.6 Å². The van der Waals surface area contributed by atoms with E-state index in [9.17, 15) is 8.42 Å². The van der Waals surface area contributed by atoms with Crippen LogP contribution in [-0.4, -0.2) is 25.3 Å². The van der Waals surface area contributed by atoms with Gasteiger partial charge in [0, 0.05) is 24.2 Å². The summed E-state index contributed by atoms with van der Waals surface area (Å²) < 4.78 is 27.3. The van der Waals surface area contributed by atoms with Gasteiger partial charge >= 0.3 is 0 Å². The summed E-state index contributed by atoms with van der Waals surface area (Å²) >= 11 is 6.10. The lowest BCUT2D eigenvalue weighted by Crippen LogP contribution is -2.34. The summed E-state index contributed by atoms with van der Waals surface area (Å²) in [4.78, 5) is 0.264. The van der Waals surface area contributed by atoms with Gasteiger partial charge in [0.2, 0.25) is 10.0 Å². The minimum absolute atomic E-state index is 0.154. The molecule has 2 N–H and O–H groups in total. The van der Waals surface area contributed by atoms with Gasteiger partial charge in [-0.1, -0.05) is 31.5 Å². The Morgan fingerprint density at radius 3 is 2.52 bits per heavy atom. The first kappa shape index (κ1) is 16.7. The van der Waals surface area contributed by atoms with Gasteiger partial charge in [-0.05, 0) is 42.9 Å². The predicted molar refractivity (Wildman–Crippen MR) is 85.7 cm³/mol. The molecule has 0 amide bonds. The molecule has 0 atom stereocenters. The molecule has 0 spiro atoms. The molecule has 0 bridgehead atoms. The molecule has 0 aliphatic heterocycles. The smallest absolute Gasteiger partial charge is 0.243 e. The highest BCUT2D eigenvalue weighted by atomic mass is 35.5. The SMILES string of the molecule is CC(C)CCN(C1CC1)S(=O)(=O)c1ccc(CN)c(Cl)c1. The molecule has 0 heterocycles. The second kappa shape index (κ2) is 6.65. The maximum atomic E-state index is 12.8. The molecule has 21 heavy (non-hydrogen) atoms. The van der Waals surface area contributed by atoms with E-state index in [0.717, 1.165) is 24.8 Å². The van der Waals surface area contributed by atoms with E-state index in [-0.39, 0.29) is 10.9 Å². The Morgan fingerprint density at radius 1 is 1.38 bits per heavy atom. The highest BCUT2D eigenvalue weighted by Crippen LogP contribution is 2.33. The van der Waals surface area contributed by atoms with Crippen molar-refractivity contribution in [3.05, 3.63) is 28.8 Å². The standard InChI is InChI=1S/C15H23ClN2O2S/c1-11(2)7-8-18(13-4-5-13)21(19,20)14-6-3-12(10-17)15(16)9-14/h3,6,9,11,13H,4-5,7-8,10,17H2,1-2H3. The highest BCUT2D eigenvalue weighted by molar-refractivity contribution is 7.89. The van der Waals surface area contributed by atoms with Crippen molar-refractivity contribution >= 4 is 21.6 Å². The Kier molecular flexibility index (Phi) is 5.30. The number of hydrogen-bond donors (Lipinski definition) is 1. The van der Waals surface area contributed by atoms with E-state index in [0.29, 0.717) is 24.0 Å². The molecular weight excluding hydrogens is 308 g/mol. The van der Waals surface area contributed by atoms with E-state index in [4.69, 9.17) is 17.3 Å². The third-order valence-corrected chi connectivity index (χ3v) is 6.03. The molecule has 1 aliphatic carbocycles. The van der Waals surface area contributed by atoms with Crippen molar-refractivity contribution in [2.24, 2.45) is 11.7 Å². The number of rotatable bonds is 7. The first-order chi connectivity index (χ1) is 9.86. The Bertz CT molecular complexity index is 598. The molecule has 2 rings (SSSR count). The molecule has 1 aromatic carbocycles. The lowest BCUT2D eigenvalue weighted by Gasteiger charge is -2.23. The van der Waals surface area contributed by atoms with Crippen molar-refractivity contribution in [1.29, 1.82) is 0 Å². The average Bonchev–Trinajstić information content (AvgIpc) is 3.22. The first-order valence-electron chi connectivity index (χ1n) is 7.36. The van der Waals surface area contributed by atoms with Crippen molar-refractivity contribution in [3.8, 4) is 0 Å². The summed E-state index contributed by atoms with van der Waals surface area (Å²) in [5.74, 6) is 0.477. The topological polar surface area (TPSA) is 63.4 Å². The van der Waals surface area contributed by atoms with Crippen LogP contribution in [-0.2, 0) is 16.6 Å². The number of nitrogens with two attached hydrogens (primary N) is 1. The van der Waals surface area contributed by atoms with E-state index < -0.39 is 10.0 Å². The highest BCUT2D eigenvalue weighted by Gasteiger charge is 2.37. The van der Waals surface area contributed by atoms with E-state index in [1.54, 1.807) is 16.4 Å². The third-order valence-electron chi connectivity index (χ3n) is 3.73. The van der Waals surface area contributed by atoms with E-state index >= 15 is 0 Å². The first-order valence-corrected chi connectivity index (χ1v) is 9.18. The Labute approximate surface area is 132 Å². The van der Waals surface area contributed by atoms with Crippen LogP contribution in [0.25, 0.3) is 0 Å². The fourth-order valence-electron chi connectivity index (χ4n) is 2.24. The van der Waals surface area contributed by atoms with E-state index in [1.807, 2.05) is 0 Å². The lowest BCUT2D eigenvalue weighted by molar-refractivity contribution is 0.373. The zero-order valence-corrected chi connectivity index (χ0v) is 14.1. The molecule has 0 unspecified atom stereocenters. The van der Waals surface area contributed by atoms with Crippen molar-refractivity contribution in [3.63, 3.8) is 0 Å². The maximum Gasteiger partial charge on any atom is 0.243 e. The van der Waals surface area contributed by atoms with Crippen LogP contribution in [0, 0.1) is 5.92 Å². The van der Waals surface area contributed by atoms with Crippen molar-refractivity contribution < 1.29 is 8.42 Å². The number of hydrogen-bond acceptors (Lipinski definition) is 3. The molecule has 1 aliphatic rings. The fraction of sp³-hybridized carbons (Fsp3) is 0.600. The van der Waals surface area contributed by atoms with Gasteiger partial charge in [-0.3, -0.25) is 0 Å². The lowest BCUT2D eigenvalue weighted by atomic mass is 10.1. The van der Waals surface area contributed by atoms with Gasteiger partial charge in [0.1, 0.15) is 0 Å². The molecule has 0 saturated heterocycles. The van der Waals surface area contributed by atoms with Crippen LogP contribution in [0.4, 0.5) is 0 Å². The van der Waals surface area contributed by atoms with Gasteiger partial charge in [-0.2, -0.15) is 4.31 Å². The van der Waals surface area contributed by atoms with Gasteiger partial charge in [0.15, 0.2) is 0 Å².